The van der Waals surface area contributed by atoms with Gasteiger partial charge in [-0.1, -0.05) is 29.4 Å². The standard InChI is InChI=1S/C20H20FN3O2.ClH/c21-16-5-6-18-17(11-16)20(24-26-18)23-19(25)10-14-3-1-13(2-4-14)9-15-7-8-22-12-15;/h1-6,11,15,22H,7-10,12H2,(H,23,24,25);1H. The van der Waals surface area contributed by atoms with Crippen molar-refractivity contribution in [2.75, 3.05) is 18.4 Å². The molecule has 2 heterocycles. The summed E-state index contributed by atoms with van der Waals surface area (Å²) in [6, 6.07) is 12.2. The van der Waals surface area contributed by atoms with Crippen molar-refractivity contribution in [3.05, 3.63) is 59.4 Å². The van der Waals surface area contributed by atoms with E-state index in [9.17, 15) is 9.18 Å². The fourth-order valence-electron chi connectivity index (χ4n) is 3.38. The largest absolute Gasteiger partial charge is 0.354 e. The van der Waals surface area contributed by atoms with Crippen LogP contribution in [-0.2, 0) is 17.6 Å². The fraction of sp³-hybridized carbons (Fsp3) is 0.300. The zero-order valence-electron chi connectivity index (χ0n) is 14.7. The summed E-state index contributed by atoms with van der Waals surface area (Å²) in [5.74, 6) is 0.335. The van der Waals surface area contributed by atoms with Crippen molar-refractivity contribution in [1.82, 2.24) is 10.5 Å². The molecule has 142 valence electrons. The summed E-state index contributed by atoms with van der Waals surface area (Å²) >= 11 is 0. The van der Waals surface area contributed by atoms with Crippen LogP contribution in [0.3, 0.4) is 0 Å². The van der Waals surface area contributed by atoms with Gasteiger partial charge in [0.1, 0.15) is 5.82 Å². The average Bonchev–Trinajstić information content (AvgIpc) is 3.27. The molecule has 1 aliphatic heterocycles. The number of fused-ring (bicyclic) bond motifs is 1. The van der Waals surface area contributed by atoms with E-state index in [1.54, 1.807) is 0 Å². The molecule has 1 amide bonds. The number of nitrogens with zero attached hydrogens (tertiary/aromatic N) is 1. The van der Waals surface area contributed by atoms with E-state index >= 15 is 0 Å². The highest BCUT2D eigenvalue weighted by molar-refractivity contribution is 5.99. The molecule has 1 aliphatic rings. The topological polar surface area (TPSA) is 67.2 Å². The third-order valence-electron chi connectivity index (χ3n) is 4.76. The molecule has 1 unspecified atom stereocenters. The highest BCUT2D eigenvalue weighted by atomic mass is 35.5. The van der Waals surface area contributed by atoms with Gasteiger partial charge in [0.15, 0.2) is 11.4 Å². The van der Waals surface area contributed by atoms with Crippen LogP contribution in [0.1, 0.15) is 17.5 Å². The molecule has 7 heteroatoms. The highest BCUT2D eigenvalue weighted by Crippen LogP contribution is 2.23. The Labute approximate surface area is 162 Å². The summed E-state index contributed by atoms with van der Waals surface area (Å²) in [5, 5.41) is 10.3. The van der Waals surface area contributed by atoms with Gasteiger partial charge in [-0.2, -0.15) is 0 Å². The zero-order valence-corrected chi connectivity index (χ0v) is 15.5. The maximum Gasteiger partial charge on any atom is 0.230 e. The van der Waals surface area contributed by atoms with Gasteiger partial charge >= 0.3 is 0 Å². The third kappa shape index (κ3) is 4.64. The molecule has 0 radical (unpaired) electrons. The van der Waals surface area contributed by atoms with Crippen molar-refractivity contribution >= 4 is 35.1 Å². The van der Waals surface area contributed by atoms with E-state index in [1.807, 2.05) is 12.1 Å². The third-order valence-corrected chi connectivity index (χ3v) is 4.76. The minimum absolute atomic E-state index is 0. The lowest BCUT2D eigenvalue weighted by molar-refractivity contribution is -0.115. The molecular weight excluding hydrogens is 369 g/mol. The molecule has 0 saturated carbocycles. The van der Waals surface area contributed by atoms with Crippen LogP contribution in [0.2, 0.25) is 0 Å². The number of hydrogen-bond donors (Lipinski definition) is 2. The van der Waals surface area contributed by atoms with Crippen molar-refractivity contribution in [3.63, 3.8) is 0 Å². The molecule has 27 heavy (non-hydrogen) atoms. The Morgan fingerprint density at radius 2 is 2.00 bits per heavy atom. The number of carbonyl (C=O) groups excluding carboxylic acids is 1. The minimum Gasteiger partial charge on any atom is -0.354 e. The minimum atomic E-state index is -0.399. The summed E-state index contributed by atoms with van der Waals surface area (Å²) in [6.45, 7) is 2.18. The van der Waals surface area contributed by atoms with Crippen LogP contribution in [0, 0.1) is 11.7 Å². The van der Waals surface area contributed by atoms with Crippen LogP contribution in [-0.4, -0.2) is 24.2 Å². The van der Waals surface area contributed by atoms with Crippen LogP contribution in [0.4, 0.5) is 10.2 Å². The van der Waals surface area contributed by atoms with Crippen molar-refractivity contribution in [1.29, 1.82) is 0 Å². The first-order valence-corrected chi connectivity index (χ1v) is 8.81. The maximum absolute atomic E-state index is 13.4. The Bertz CT molecular complexity index is 921. The lowest BCUT2D eigenvalue weighted by atomic mass is 9.97. The molecule has 3 aromatic rings. The second kappa shape index (κ2) is 8.50. The quantitative estimate of drug-likeness (QED) is 0.697. The van der Waals surface area contributed by atoms with Gasteiger partial charge in [-0.15, -0.1) is 12.4 Å². The van der Waals surface area contributed by atoms with Crippen LogP contribution in [0.5, 0.6) is 0 Å². The zero-order chi connectivity index (χ0) is 17.9. The van der Waals surface area contributed by atoms with Crippen LogP contribution in [0.15, 0.2) is 47.0 Å². The predicted molar refractivity (Wildman–Crippen MR) is 105 cm³/mol. The molecule has 2 aromatic carbocycles. The molecule has 1 atom stereocenters. The van der Waals surface area contributed by atoms with E-state index in [1.165, 1.54) is 30.2 Å². The number of aromatic nitrogens is 1. The van der Waals surface area contributed by atoms with Gasteiger partial charge in [0.2, 0.25) is 5.91 Å². The monoisotopic (exact) mass is 389 g/mol. The first-order valence-electron chi connectivity index (χ1n) is 8.81. The Kier molecular flexibility index (Phi) is 6.08. The molecule has 1 aromatic heterocycles. The molecule has 2 N–H and O–H groups in total. The molecule has 0 bridgehead atoms. The van der Waals surface area contributed by atoms with Crippen molar-refractivity contribution < 1.29 is 13.7 Å². The number of nitrogens with one attached hydrogen (secondary N) is 2. The molecule has 0 spiro atoms. The number of carbonyl (C=O) groups is 1. The smallest absolute Gasteiger partial charge is 0.230 e. The summed E-state index contributed by atoms with van der Waals surface area (Å²) in [4.78, 5) is 12.3. The van der Waals surface area contributed by atoms with E-state index in [0.29, 0.717) is 16.9 Å². The number of rotatable bonds is 5. The summed E-state index contributed by atoms with van der Waals surface area (Å²) < 4.78 is 18.5. The Morgan fingerprint density at radius 3 is 2.74 bits per heavy atom. The normalized spacial score (nSPS) is 16.3. The van der Waals surface area contributed by atoms with Gasteiger partial charge in [0.05, 0.1) is 11.8 Å². The van der Waals surface area contributed by atoms with Crippen molar-refractivity contribution in [2.45, 2.75) is 19.3 Å². The molecule has 0 aliphatic carbocycles. The van der Waals surface area contributed by atoms with E-state index in [-0.39, 0.29) is 30.6 Å². The highest BCUT2D eigenvalue weighted by Gasteiger charge is 2.15. The lowest BCUT2D eigenvalue weighted by Gasteiger charge is -2.09. The Hall–Kier alpha value is -2.44. The van der Waals surface area contributed by atoms with E-state index < -0.39 is 5.82 Å². The first kappa shape index (κ1) is 19.3. The Morgan fingerprint density at radius 1 is 1.22 bits per heavy atom. The van der Waals surface area contributed by atoms with Gasteiger partial charge in [0, 0.05) is 0 Å². The van der Waals surface area contributed by atoms with Crippen LogP contribution >= 0.6 is 12.4 Å². The van der Waals surface area contributed by atoms with Gasteiger partial charge in [-0.3, -0.25) is 4.79 Å². The molecular formula is C20H21ClFN3O2. The average molecular weight is 390 g/mol. The lowest BCUT2D eigenvalue weighted by Crippen LogP contribution is -2.15. The van der Waals surface area contributed by atoms with Crippen LogP contribution in [0.25, 0.3) is 11.0 Å². The summed E-state index contributed by atoms with van der Waals surface area (Å²) in [5.41, 5.74) is 2.66. The molecule has 5 nitrogen and oxygen atoms in total. The van der Waals surface area contributed by atoms with Gasteiger partial charge < -0.3 is 15.2 Å². The van der Waals surface area contributed by atoms with E-state index in [2.05, 4.69) is 27.9 Å². The number of amides is 1. The van der Waals surface area contributed by atoms with Crippen LogP contribution < -0.4 is 10.6 Å². The van der Waals surface area contributed by atoms with Crippen molar-refractivity contribution in [3.8, 4) is 0 Å². The van der Waals surface area contributed by atoms with Crippen molar-refractivity contribution in [2.24, 2.45) is 5.92 Å². The molecule has 1 saturated heterocycles. The van der Waals surface area contributed by atoms with E-state index in [0.717, 1.165) is 25.1 Å². The first-order chi connectivity index (χ1) is 12.7. The predicted octanol–water partition coefficient (Wildman–Crippen LogP) is 3.72. The van der Waals surface area contributed by atoms with Gasteiger partial charge in [0.25, 0.3) is 0 Å². The molecule has 4 rings (SSSR count). The number of hydrogen-bond acceptors (Lipinski definition) is 4. The number of benzene rings is 2. The number of anilines is 1. The second-order valence-corrected chi connectivity index (χ2v) is 6.78. The second-order valence-electron chi connectivity index (χ2n) is 6.78. The van der Waals surface area contributed by atoms with Gasteiger partial charge in [-0.25, -0.2) is 4.39 Å². The molecule has 1 fully saturated rings. The maximum atomic E-state index is 13.4. The summed E-state index contributed by atoms with van der Waals surface area (Å²) in [6.07, 6.45) is 2.52. The number of halogens is 2. The summed E-state index contributed by atoms with van der Waals surface area (Å²) in [7, 11) is 0. The van der Waals surface area contributed by atoms with Gasteiger partial charge in [-0.05, 0) is 61.2 Å². The Balaban J connectivity index is 0.00000210. The fourth-order valence-corrected chi connectivity index (χ4v) is 3.38. The van der Waals surface area contributed by atoms with E-state index in [4.69, 9.17) is 4.52 Å². The SMILES string of the molecule is Cl.O=C(Cc1ccc(CC2CCNC2)cc1)Nc1noc2ccc(F)cc12.